The Balaban J connectivity index is -0.00000242. The van der Waals surface area contributed by atoms with Gasteiger partial charge in [0.2, 0.25) is 5.91 Å². The number of hydrogen-bond acceptors (Lipinski definition) is 5. The molecule has 0 spiro atoms. The van der Waals surface area contributed by atoms with E-state index in [-0.39, 0.29) is 71.4 Å². The van der Waals surface area contributed by atoms with Gasteiger partial charge in [0.05, 0.1) is 12.0 Å². The van der Waals surface area contributed by atoms with E-state index in [1.54, 1.807) is 0 Å². The van der Waals surface area contributed by atoms with Crippen molar-refractivity contribution in [3.05, 3.63) is 0 Å². The molecule has 0 N–H and O–H groups in total. The quantitative estimate of drug-likeness (QED) is 0.224. The first kappa shape index (κ1) is 30.1. The fourth-order valence-electron chi connectivity index (χ4n) is 2.47. The number of hydrogen-bond donors (Lipinski definition) is 0. The maximum Gasteiger partial charge on any atom is 1.00 e. The van der Waals surface area contributed by atoms with Gasteiger partial charge in [0.25, 0.3) is 0 Å². The monoisotopic (exact) mass is 373 g/mol. The van der Waals surface area contributed by atoms with E-state index in [1.807, 2.05) is 0 Å². The van der Waals surface area contributed by atoms with Crippen LogP contribution in [-0.2, 0) is 14.4 Å². The molecular formula is C17H29NNa2O5. The maximum atomic E-state index is 11.9. The molecule has 0 unspecified atom stereocenters. The average Bonchev–Trinajstić information content (AvgIpc) is 2.49. The molecule has 0 saturated carbocycles. The molecule has 0 aliphatic carbocycles. The summed E-state index contributed by atoms with van der Waals surface area (Å²) >= 11 is 0. The van der Waals surface area contributed by atoms with Crippen LogP contribution < -0.4 is 69.3 Å². The Morgan fingerprint density at radius 1 is 0.840 bits per heavy atom. The number of rotatable bonds is 14. The Bertz CT molecular complexity index is 380. The Labute approximate surface area is 195 Å². The van der Waals surface area contributed by atoms with Gasteiger partial charge in [0, 0.05) is 25.9 Å². The van der Waals surface area contributed by atoms with Gasteiger partial charge < -0.3 is 24.7 Å². The molecule has 0 fully saturated rings. The van der Waals surface area contributed by atoms with E-state index in [4.69, 9.17) is 0 Å². The molecule has 0 aromatic rings. The van der Waals surface area contributed by atoms with Crippen LogP contribution in [0.15, 0.2) is 0 Å². The summed E-state index contributed by atoms with van der Waals surface area (Å²) in [6, 6.07) is -1.47. The first-order chi connectivity index (χ1) is 10.9. The van der Waals surface area contributed by atoms with E-state index in [2.05, 4.69) is 6.92 Å². The number of aliphatic carboxylic acids is 2. The molecule has 1 amide bonds. The van der Waals surface area contributed by atoms with Gasteiger partial charge in [0.1, 0.15) is 0 Å². The Morgan fingerprint density at radius 2 is 1.28 bits per heavy atom. The third-order valence-corrected chi connectivity index (χ3v) is 3.99. The van der Waals surface area contributed by atoms with Gasteiger partial charge in [-0.1, -0.05) is 58.3 Å². The van der Waals surface area contributed by atoms with Crippen molar-refractivity contribution in [2.24, 2.45) is 0 Å². The third-order valence-electron chi connectivity index (χ3n) is 3.99. The molecular weight excluding hydrogens is 344 g/mol. The summed E-state index contributed by atoms with van der Waals surface area (Å²) in [6.45, 7) is 2.19. The molecule has 0 rings (SSSR count). The molecule has 8 heteroatoms. The first-order valence-corrected chi connectivity index (χ1v) is 8.56. The van der Waals surface area contributed by atoms with Crippen LogP contribution in [0.1, 0.15) is 77.6 Å². The molecule has 0 radical (unpaired) electrons. The summed E-state index contributed by atoms with van der Waals surface area (Å²) in [7, 11) is 1.29. The van der Waals surface area contributed by atoms with Gasteiger partial charge in [-0.2, -0.15) is 0 Å². The van der Waals surface area contributed by atoms with E-state index in [9.17, 15) is 24.6 Å². The van der Waals surface area contributed by atoms with Crippen LogP contribution >= 0.6 is 0 Å². The van der Waals surface area contributed by atoms with Crippen molar-refractivity contribution >= 4 is 17.8 Å². The standard InChI is InChI=1S/C17H31NO5.2Na/c1-3-4-5-6-7-8-9-10-11-12-15(19)18(2)14(17(22)23)13-16(20)21;;/h14H,3-13H2,1-2H3,(H,20,21)(H,22,23);;/q;2*+1/p-2/t14-;;/m0../s1. The van der Waals surface area contributed by atoms with Crippen LogP contribution in [0.4, 0.5) is 0 Å². The molecule has 0 aromatic carbocycles. The zero-order valence-corrected chi connectivity index (χ0v) is 20.3. The van der Waals surface area contributed by atoms with Crippen LogP contribution in [-0.4, -0.2) is 35.8 Å². The fraction of sp³-hybridized carbons (Fsp3) is 0.824. The molecule has 0 bridgehead atoms. The average molecular weight is 373 g/mol. The van der Waals surface area contributed by atoms with Gasteiger partial charge in [-0.05, 0) is 6.42 Å². The SMILES string of the molecule is CCCCCCCCCCCC(=O)N(C)[C@@H](CC(=O)[O-])C(=O)[O-].[Na+].[Na+]. The number of amides is 1. The van der Waals surface area contributed by atoms with Gasteiger partial charge in [-0.3, -0.25) is 4.79 Å². The molecule has 6 nitrogen and oxygen atoms in total. The number of nitrogens with zero attached hydrogens (tertiary/aromatic N) is 1. The van der Waals surface area contributed by atoms with Crippen LogP contribution in [0.25, 0.3) is 0 Å². The topological polar surface area (TPSA) is 101 Å². The summed E-state index contributed by atoms with van der Waals surface area (Å²) in [5.41, 5.74) is 0. The van der Waals surface area contributed by atoms with Crippen molar-refractivity contribution in [3.8, 4) is 0 Å². The summed E-state index contributed by atoms with van der Waals surface area (Å²) in [4.78, 5) is 34.3. The summed E-state index contributed by atoms with van der Waals surface area (Å²) < 4.78 is 0. The van der Waals surface area contributed by atoms with Crippen molar-refractivity contribution in [1.29, 1.82) is 0 Å². The minimum absolute atomic E-state index is 0. The number of carbonyl (C=O) groups is 3. The number of carboxylic acid groups (broad SMARTS) is 2. The van der Waals surface area contributed by atoms with Crippen molar-refractivity contribution in [2.75, 3.05) is 7.05 Å². The summed E-state index contributed by atoms with van der Waals surface area (Å²) in [5, 5.41) is 21.4. The van der Waals surface area contributed by atoms with E-state index in [0.717, 1.165) is 24.2 Å². The van der Waals surface area contributed by atoms with Crippen molar-refractivity contribution in [3.63, 3.8) is 0 Å². The second-order valence-corrected chi connectivity index (χ2v) is 5.99. The normalized spacial score (nSPS) is 11.0. The molecule has 25 heavy (non-hydrogen) atoms. The fourth-order valence-corrected chi connectivity index (χ4v) is 2.47. The summed E-state index contributed by atoms with van der Waals surface area (Å²) in [5.74, 6) is -3.46. The second kappa shape index (κ2) is 19.2. The van der Waals surface area contributed by atoms with E-state index < -0.39 is 24.4 Å². The largest absolute Gasteiger partial charge is 1.00 e. The van der Waals surface area contributed by atoms with Gasteiger partial charge >= 0.3 is 59.1 Å². The molecule has 134 valence electrons. The number of unbranched alkanes of at least 4 members (excludes halogenated alkanes) is 8. The Hall–Kier alpha value is 0.410. The van der Waals surface area contributed by atoms with Crippen molar-refractivity contribution in [1.82, 2.24) is 4.90 Å². The van der Waals surface area contributed by atoms with Crippen LogP contribution in [0.3, 0.4) is 0 Å². The minimum Gasteiger partial charge on any atom is -0.550 e. The number of likely N-dealkylation sites (N-methyl/N-ethyl adjacent to an activating group) is 1. The van der Waals surface area contributed by atoms with Crippen LogP contribution in [0.5, 0.6) is 0 Å². The van der Waals surface area contributed by atoms with Gasteiger partial charge in [-0.15, -0.1) is 0 Å². The predicted molar refractivity (Wildman–Crippen MR) is 83.0 cm³/mol. The Morgan fingerprint density at radius 3 is 1.68 bits per heavy atom. The second-order valence-electron chi connectivity index (χ2n) is 5.99. The number of carboxylic acids is 2. The zero-order chi connectivity index (χ0) is 17.7. The summed E-state index contributed by atoms with van der Waals surface area (Å²) in [6.07, 6.45) is 9.57. The number of carbonyl (C=O) groups excluding carboxylic acids is 3. The maximum absolute atomic E-state index is 11.9. The molecule has 0 aliphatic rings. The molecule has 0 heterocycles. The Kier molecular flexibility index (Phi) is 23.1. The van der Waals surface area contributed by atoms with Crippen LogP contribution in [0.2, 0.25) is 0 Å². The van der Waals surface area contributed by atoms with Crippen molar-refractivity contribution < 1.29 is 83.7 Å². The van der Waals surface area contributed by atoms with E-state index >= 15 is 0 Å². The minimum atomic E-state index is -1.57. The third kappa shape index (κ3) is 16.3. The molecule has 0 saturated heterocycles. The van der Waals surface area contributed by atoms with Crippen molar-refractivity contribution in [2.45, 2.75) is 83.6 Å². The zero-order valence-electron chi connectivity index (χ0n) is 16.3. The predicted octanol–water partition coefficient (Wildman–Crippen LogP) is -5.37. The van der Waals surface area contributed by atoms with E-state index in [1.165, 1.54) is 39.2 Å². The molecule has 1 atom stereocenters. The van der Waals surface area contributed by atoms with Gasteiger partial charge in [0.15, 0.2) is 0 Å². The van der Waals surface area contributed by atoms with Crippen LogP contribution in [0, 0.1) is 0 Å². The molecule has 0 aromatic heterocycles. The van der Waals surface area contributed by atoms with Gasteiger partial charge in [-0.25, -0.2) is 0 Å². The van der Waals surface area contributed by atoms with E-state index in [0.29, 0.717) is 6.42 Å². The smallest absolute Gasteiger partial charge is 0.550 e. The molecule has 0 aliphatic heterocycles. The first-order valence-electron chi connectivity index (χ1n) is 8.56.